The Morgan fingerprint density at radius 2 is 2.25 bits per heavy atom. The van der Waals surface area contributed by atoms with Gasteiger partial charge in [0.25, 0.3) is 0 Å². The fourth-order valence-corrected chi connectivity index (χ4v) is 2.18. The average Bonchev–Trinajstić information content (AvgIpc) is 2.86. The van der Waals surface area contributed by atoms with Gasteiger partial charge in [-0.3, -0.25) is 4.79 Å². The molecule has 0 bridgehead atoms. The smallest absolute Gasteiger partial charge is 0.308 e. The Balaban J connectivity index is 1.72. The molecule has 2 saturated heterocycles. The second-order valence-corrected chi connectivity index (χ2v) is 3.67. The van der Waals surface area contributed by atoms with Gasteiger partial charge in [0.05, 0.1) is 13.0 Å². The number of esters is 1. The molecule has 3 rings (SSSR count). The molecular formula is C8H10O4. The summed E-state index contributed by atoms with van der Waals surface area (Å²) in [5, 5.41) is 0. The van der Waals surface area contributed by atoms with E-state index in [4.69, 9.17) is 9.47 Å². The molecule has 4 nitrogen and oxygen atoms in total. The summed E-state index contributed by atoms with van der Waals surface area (Å²) < 4.78 is 15.3. The molecule has 66 valence electrons. The van der Waals surface area contributed by atoms with Crippen molar-refractivity contribution in [2.24, 2.45) is 5.92 Å². The predicted octanol–water partition coefficient (Wildman–Crippen LogP) is 0.412. The summed E-state index contributed by atoms with van der Waals surface area (Å²) >= 11 is 0. The molecular weight excluding hydrogens is 160 g/mol. The average molecular weight is 170 g/mol. The number of hydrogen-bond acceptors (Lipinski definition) is 4. The van der Waals surface area contributed by atoms with Crippen LogP contribution in [0, 0.1) is 5.92 Å². The number of carbonyl (C=O) groups is 1. The van der Waals surface area contributed by atoms with E-state index in [0.717, 1.165) is 12.8 Å². The molecule has 0 aromatic heterocycles. The first-order valence-electron chi connectivity index (χ1n) is 4.20. The minimum atomic E-state index is -0.357. The van der Waals surface area contributed by atoms with E-state index >= 15 is 0 Å². The van der Waals surface area contributed by atoms with Crippen molar-refractivity contribution in [3.63, 3.8) is 0 Å². The maximum Gasteiger partial charge on any atom is 0.308 e. The Bertz CT molecular complexity index is 254. The lowest BCUT2D eigenvalue weighted by atomic mass is 9.89. The van der Waals surface area contributed by atoms with Gasteiger partial charge in [-0.2, -0.15) is 0 Å². The molecule has 1 atom stereocenters. The van der Waals surface area contributed by atoms with Crippen molar-refractivity contribution < 1.29 is 19.0 Å². The van der Waals surface area contributed by atoms with Crippen molar-refractivity contribution >= 4 is 5.97 Å². The van der Waals surface area contributed by atoms with Crippen LogP contribution in [0.3, 0.4) is 0 Å². The summed E-state index contributed by atoms with van der Waals surface area (Å²) in [6, 6.07) is 0. The van der Waals surface area contributed by atoms with Crippen molar-refractivity contribution in [2.75, 3.05) is 7.11 Å². The van der Waals surface area contributed by atoms with Crippen LogP contribution in [0.15, 0.2) is 0 Å². The number of ether oxygens (including phenoxy) is 3. The molecule has 1 unspecified atom stereocenters. The third kappa shape index (κ3) is 0.593. The highest BCUT2D eigenvalue weighted by Crippen LogP contribution is 2.75. The summed E-state index contributed by atoms with van der Waals surface area (Å²) in [5.74, 6) is -0.765. The maximum absolute atomic E-state index is 11.2. The van der Waals surface area contributed by atoms with Gasteiger partial charge < -0.3 is 14.2 Å². The van der Waals surface area contributed by atoms with Crippen LogP contribution >= 0.6 is 0 Å². The van der Waals surface area contributed by atoms with Crippen LogP contribution in [0.5, 0.6) is 0 Å². The zero-order valence-corrected chi connectivity index (χ0v) is 6.83. The lowest BCUT2D eigenvalue weighted by Crippen LogP contribution is -2.22. The highest BCUT2D eigenvalue weighted by atomic mass is 17.0. The van der Waals surface area contributed by atoms with E-state index in [-0.39, 0.29) is 23.5 Å². The van der Waals surface area contributed by atoms with E-state index in [0.29, 0.717) is 6.42 Å². The number of hydrogen-bond donors (Lipinski definition) is 0. The van der Waals surface area contributed by atoms with E-state index in [9.17, 15) is 4.79 Å². The van der Waals surface area contributed by atoms with Gasteiger partial charge in [0.15, 0.2) is 0 Å². The van der Waals surface area contributed by atoms with Crippen LogP contribution < -0.4 is 0 Å². The van der Waals surface area contributed by atoms with Gasteiger partial charge in [-0.15, -0.1) is 0 Å². The Labute approximate surface area is 69.8 Å². The standard InChI is InChI=1S/C8H10O4/c1-10-6(9)5-2-3-7-8(4-5,11-7)12-7/h5H,2-4H2,1H3. The van der Waals surface area contributed by atoms with Crippen molar-refractivity contribution in [2.45, 2.75) is 30.8 Å². The van der Waals surface area contributed by atoms with Gasteiger partial charge in [0, 0.05) is 12.8 Å². The number of rotatable bonds is 1. The van der Waals surface area contributed by atoms with Crippen LogP contribution in [0.2, 0.25) is 0 Å². The van der Waals surface area contributed by atoms with Crippen LogP contribution in [0.1, 0.15) is 19.3 Å². The van der Waals surface area contributed by atoms with Crippen LogP contribution in [0.4, 0.5) is 0 Å². The van der Waals surface area contributed by atoms with E-state index in [2.05, 4.69) is 4.74 Å². The summed E-state index contributed by atoms with van der Waals surface area (Å²) in [4.78, 5) is 11.2. The molecule has 3 aliphatic rings. The maximum atomic E-state index is 11.2. The molecule has 0 amide bonds. The summed E-state index contributed by atoms with van der Waals surface area (Å²) in [6.45, 7) is 0. The molecule has 2 aliphatic heterocycles. The molecule has 1 aliphatic carbocycles. The monoisotopic (exact) mass is 170 g/mol. The SMILES string of the molecule is COC(=O)C1CCC23OC2(C1)O3. The zero-order chi connectivity index (χ0) is 8.40. The van der Waals surface area contributed by atoms with Crippen molar-refractivity contribution in [1.82, 2.24) is 0 Å². The quantitative estimate of drug-likeness (QED) is 0.422. The van der Waals surface area contributed by atoms with Gasteiger partial charge in [-0.25, -0.2) is 0 Å². The minimum absolute atomic E-state index is 0.0203. The number of methoxy groups -OCH3 is 1. The minimum Gasteiger partial charge on any atom is -0.469 e. The highest BCUT2D eigenvalue weighted by molar-refractivity contribution is 5.73. The number of carbonyl (C=O) groups excluding carboxylic acids is 1. The van der Waals surface area contributed by atoms with Gasteiger partial charge in [0.2, 0.25) is 11.6 Å². The zero-order valence-electron chi connectivity index (χ0n) is 6.83. The molecule has 3 fully saturated rings. The first-order valence-corrected chi connectivity index (χ1v) is 4.20. The van der Waals surface area contributed by atoms with Crippen LogP contribution in [-0.2, 0) is 19.0 Å². The van der Waals surface area contributed by atoms with Gasteiger partial charge in [0.1, 0.15) is 0 Å². The lowest BCUT2D eigenvalue weighted by molar-refractivity contribution is -0.147. The van der Waals surface area contributed by atoms with Crippen LogP contribution in [-0.4, -0.2) is 24.7 Å². The fraction of sp³-hybridized carbons (Fsp3) is 0.875. The molecule has 2 heterocycles. The Morgan fingerprint density at radius 3 is 2.83 bits per heavy atom. The molecule has 0 N–H and O–H groups in total. The normalized spacial score (nSPS) is 53.6. The van der Waals surface area contributed by atoms with Gasteiger partial charge >= 0.3 is 5.97 Å². The van der Waals surface area contributed by atoms with Gasteiger partial charge in [-0.1, -0.05) is 0 Å². The fourth-order valence-electron chi connectivity index (χ4n) is 2.18. The predicted molar refractivity (Wildman–Crippen MR) is 37.0 cm³/mol. The third-order valence-corrected chi connectivity index (χ3v) is 3.03. The molecule has 0 radical (unpaired) electrons. The summed E-state index contributed by atoms with van der Waals surface area (Å²) in [5.41, 5.74) is 0. The molecule has 0 aromatic carbocycles. The topological polar surface area (TPSA) is 51.4 Å². The molecule has 12 heavy (non-hydrogen) atoms. The Hall–Kier alpha value is -0.610. The first-order chi connectivity index (χ1) is 5.71. The molecule has 4 heteroatoms. The highest BCUT2D eigenvalue weighted by Gasteiger charge is 2.91. The largest absolute Gasteiger partial charge is 0.469 e. The molecule has 0 aromatic rings. The molecule has 0 spiro atoms. The van der Waals surface area contributed by atoms with Crippen molar-refractivity contribution in [3.05, 3.63) is 0 Å². The van der Waals surface area contributed by atoms with Crippen molar-refractivity contribution in [3.8, 4) is 0 Å². The summed E-state index contributed by atoms with van der Waals surface area (Å²) in [6.07, 6.45) is 2.35. The van der Waals surface area contributed by atoms with E-state index in [1.165, 1.54) is 7.11 Å². The first kappa shape index (κ1) is 6.86. The third-order valence-electron chi connectivity index (χ3n) is 3.03. The molecule has 1 saturated carbocycles. The lowest BCUT2D eigenvalue weighted by Gasteiger charge is -2.12. The van der Waals surface area contributed by atoms with Crippen molar-refractivity contribution in [1.29, 1.82) is 0 Å². The number of epoxide rings is 2. The Morgan fingerprint density at radius 1 is 1.50 bits per heavy atom. The second kappa shape index (κ2) is 1.67. The van der Waals surface area contributed by atoms with E-state index in [1.807, 2.05) is 0 Å². The Kier molecular flexibility index (Phi) is 0.957. The van der Waals surface area contributed by atoms with E-state index < -0.39 is 0 Å². The van der Waals surface area contributed by atoms with E-state index in [1.54, 1.807) is 0 Å². The second-order valence-electron chi connectivity index (χ2n) is 3.67. The summed E-state index contributed by atoms with van der Waals surface area (Å²) in [7, 11) is 1.42. The van der Waals surface area contributed by atoms with Crippen LogP contribution in [0.25, 0.3) is 0 Å². The van der Waals surface area contributed by atoms with Gasteiger partial charge in [-0.05, 0) is 6.42 Å².